The number of nitro groups is 1. The van der Waals surface area contributed by atoms with Gasteiger partial charge in [0.05, 0.1) is 4.92 Å². The number of Topliss-reactive ketones (excluding diaryl/α,β-unsaturated/α-hetero) is 1. The standard InChI is InChI=1S/C16H15ClN2O3/c1-11(20)13-5-6-15(16(10-13)19(21)22)18-8-7-12-3-2-4-14(17)9-12/h2-6,9-10,18H,7-8H2,1H3. The van der Waals surface area contributed by atoms with Gasteiger partial charge in [0.2, 0.25) is 0 Å². The van der Waals surface area contributed by atoms with Crippen LogP contribution < -0.4 is 5.32 Å². The third kappa shape index (κ3) is 4.05. The summed E-state index contributed by atoms with van der Waals surface area (Å²) < 4.78 is 0. The van der Waals surface area contributed by atoms with Crippen molar-refractivity contribution in [2.45, 2.75) is 13.3 Å². The van der Waals surface area contributed by atoms with Crippen LogP contribution in [-0.4, -0.2) is 17.3 Å². The summed E-state index contributed by atoms with van der Waals surface area (Å²) in [5.74, 6) is -0.200. The van der Waals surface area contributed by atoms with E-state index in [2.05, 4.69) is 5.32 Å². The minimum atomic E-state index is -0.492. The van der Waals surface area contributed by atoms with E-state index in [1.807, 2.05) is 18.2 Å². The van der Waals surface area contributed by atoms with Gasteiger partial charge in [0.1, 0.15) is 5.69 Å². The molecule has 1 N–H and O–H groups in total. The molecule has 0 bridgehead atoms. The van der Waals surface area contributed by atoms with Crippen LogP contribution in [0.2, 0.25) is 5.02 Å². The number of hydrogen-bond acceptors (Lipinski definition) is 4. The van der Waals surface area contributed by atoms with Crippen LogP contribution in [0.4, 0.5) is 11.4 Å². The van der Waals surface area contributed by atoms with Gasteiger partial charge >= 0.3 is 0 Å². The molecule has 0 fully saturated rings. The van der Waals surface area contributed by atoms with Gasteiger partial charge in [0.25, 0.3) is 5.69 Å². The third-order valence-corrected chi connectivity index (χ3v) is 3.45. The molecule has 0 aliphatic rings. The second-order valence-electron chi connectivity index (χ2n) is 4.85. The molecule has 5 nitrogen and oxygen atoms in total. The van der Waals surface area contributed by atoms with Crippen LogP contribution in [0.15, 0.2) is 42.5 Å². The second kappa shape index (κ2) is 7.04. The first-order valence-corrected chi connectivity index (χ1v) is 7.13. The SMILES string of the molecule is CC(=O)c1ccc(NCCc2cccc(Cl)c2)c([N+](=O)[O-])c1. The quantitative estimate of drug-likeness (QED) is 0.494. The number of rotatable bonds is 6. The molecule has 2 aromatic carbocycles. The van der Waals surface area contributed by atoms with Gasteiger partial charge in [0, 0.05) is 23.2 Å². The van der Waals surface area contributed by atoms with Crippen LogP contribution in [-0.2, 0) is 6.42 Å². The second-order valence-corrected chi connectivity index (χ2v) is 5.29. The Balaban J connectivity index is 2.09. The average Bonchev–Trinajstić information content (AvgIpc) is 2.47. The maximum absolute atomic E-state index is 11.3. The smallest absolute Gasteiger partial charge is 0.293 e. The highest BCUT2D eigenvalue weighted by Crippen LogP contribution is 2.25. The zero-order chi connectivity index (χ0) is 16.1. The zero-order valence-electron chi connectivity index (χ0n) is 12.0. The first kappa shape index (κ1) is 16.0. The molecule has 0 aliphatic carbocycles. The Morgan fingerprint density at radius 1 is 1.27 bits per heavy atom. The summed E-state index contributed by atoms with van der Waals surface area (Å²) in [6.45, 7) is 1.91. The van der Waals surface area contributed by atoms with E-state index >= 15 is 0 Å². The van der Waals surface area contributed by atoms with E-state index in [4.69, 9.17) is 11.6 Å². The number of nitrogens with one attached hydrogen (secondary N) is 1. The molecule has 0 heterocycles. The highest BCUT2D eigenvalue weighted by Gasteiger charge is 2.15. The van der Waals surface area contributed by atoms with Crippen molar-refractivity contribution in [2.24, 2.45) is 0 Å². The number of halogens is 1. The molecule has 22 heavy (non-hydrogen) atoms. The van der Waals surface area contributed by atoms with Crippen molar-refractivity contribution >= 4 is 28.8 Å². The summed E-state index contributed by atoms with van der Waals surface area (Å²) in [6, 6.07) is 11.9. The third-order valence-electron chi connectivity index (χ3n) is 3.22. The Morgan fingerprint density at radius 3 is 2.68 bits per heavy atom. The van der Waals surface area contributed by atoms with Crippen molar-refractivity contribution in [2.75, 3.05) is 11.9 Å². The highest BCUT2D eigenvalue weighted by molar-refractivity contribution is 6.30. The Bertz CT molecular complexity index is 716. The molecule has 2 aromatic rings. The first-order chi connectivity index (χ1) is 10.5. The van der Waals surface area contributed by atoms with Gasteiger partial charge < -0.3 is 5.32 Å². The maximum Gasteiger partial charge on any atom is 0.293 e. The lowest BCUT2D eigenvalue weighted by Gasteiger charge is -2.08. The average molecular weight is 319 g/mol. The van der Waals surface area contributed by atoms with Crippen molar-refractivity contribution in [3.63, 3.8) is 0 Å². The van der Waals surface area contributed by atoms with Gasteiger partial charge in [-0.2, -0.15) is 0 Å². The molecule has 114 valence electrons. The normalized spacial score (nSPS) is 10.3. The van der Waals surface area contributed by atoms with Crippen LogP contribution in [0, 0.1) is 10.1 Å². The first-order valence-electron chi connectivity index (χ1n) is 6.75. The van der Waals surface area contributed by atoms with Gasteiger partial charge in [-0.15, -0.1) is 0 Å². The summed E-state index contributed by atoms with van der Waals surface area (Å²) in [5.41, 5.74) is 1.67. The molecule has 2 rings (SSSR count). The van der Waals surface area contributed by atoms with Gasteiger partial charge in [-0.3, -0.25) is 14.9 Å². The Labute approximate surface area is 133 Å². The fourth-order valence-corrected chi connectivity index (χ4v) is 2.30. The van der Waals surface area contributed by atoms with Crippen LogP contribution in [0.1, 0.15) is 22.8 Å². The number of nitro benzene ring substituents is 1. The molecule has 0 saturated heterocycles. The molecule has 0 aromatic heterocycles. The molecular weight excluding hydrogens is 304 g/mol. The van der Waals surface area contributed by atoms with Crippen molar-refractivity contribution in [1.82, 2.24) is 0 Å². The van der Waals surface area contributed by atoms with Crippen molar-refractivity contribution < 1.29 is 9.72 Å². The lowest BCUT2D eigenvalue weighted by molar-refractivity contribution is -0.384. The minimum absolute atomic E-state index is 0.0983. The van der Waals surface area contributed by atoms with Gasteiger partial charge in [-0.25, -0.2) is 0 Å². The molecule has 0 unspecified atom stereocenters. The van der Waals surface area contributed by atoms with Crippen molar-refractivity contribution in [3.8, 4) is 0 Å². The van der Waals surface area contributed by atoms with Crippen LogP contribution in [0.3, 0.4) is 0 Å². The van der Waals surface area contributed by atoms with E-state index in [9.17, 15) is 14.9 Å². The summed E-state index contributed by atoms with van der Waals surface area (Å²) in [4.78, 5) is 21.9. The molecule has 0 saturated carbocycles. The number of anilines is 1. The van der Waals surface area contributed by atoms with Gasteiger partial charge in [0.15, 0.2) is 5.78 Å². The zero-order valence-corrected chi connectivity index (χ0v) is 12.8. The van der Waals surface area contributed by atoms with E-state index < -0.39 is 4.92 Å². The molecule has 0 atom stereocenters. The summed E-state index contributed by atoms with van der Waals surface area (Å²) in [7, 11) is 0. The predicted molar refractivity (Wildman–Crippen MR) is 86.7 cm³/mol. The predicted octanol–water partition coefficient (Wildman–Crippen LogP) is 4.11. The monoisotopic (exact) mass is 318 g/mol. The number of ketones is 1. The summed E-state index contributed by atoms with van der Waals surface area (Å²) >= 11 is 5.91. The lowest BCUT2D eigenvalue weighted by atomic mass is 10.1. The van der Waals surface area contributed by atoms with E-state index in [0.29, 0.717) is 29.2 Å². The Hall–Kier alpha value is -2.40. The van der Waals surface area contributed by atoms with Crippen LogP contribution in [0.25, 0.3) is 0 Å². The van der Waals surface area contributed by atoms with E-state index in [0.717, 1.165) is 5.56 Å². The topological polar surface area (TPSA) is 72.2 Å². The maximum atomic E-state index is 11.3. The number of benzene rings is 2. The van der Waals surface area contributed by atoms with Crippen molar-refractivity contribution in [3.05, 3.63) is 68.7 Å². The number of nitrogens with zero attached hydrogens (tertiary/aromatic N) is 1. The fraction of sp³-hybridized carbons (Fsp3) is 0.188. The Kier molecular flexibility index (Phi) is 5.12. The molecule has 0 radical (unpaired) electrons. The fourth-order valence-electron chi connectivity index (χ4n) is 2.09. The summed E-state index contributed by atoms with van der Waals surface area (Å²) in [6.07, 6.45) is 0.687. The molecular formula is C16H15ClN2O3. The molecule has 0 aliphatic heterocycles. The van der Waals surface area contributed by atoms with E-state index in [1.165, 1.54) is 13.0 Å². The van der Waals surface area contributed by atoms with Crippen LogP contribution in [0.5, 0.6) is 0 Å². The van der Waals surface area contributed by atoms with E-state index in [-0.39, 0.29) is 11.5 Å². The van der Waals surface area contributed by atoms with E-state index in [1.54, 1.807) is 18.2 Å². The van der Waals surface area contributed by atoms with Crippen molar-refractivity contribution in [1.29, 1.82) is 0 Å². The number of carbonyl (C=O) groups is 1. The number of hydrogen-bond donors (Lipinski definition) is 1. The molecule has 0 spiro atoms. The highest BCUT2D eigenvalue weighted by atomic mass is 35.5. The molecule has 0 amide bonds. The Morgan fingerprint density at radius 2 is 2.05 bits per heavy atom. The lowest BCUT2D eigenvalue weighted by Crippen LogP contribution is -2.07. The van der Waals surface area contributed by atoms with Gasteiger partial charge in [-0.1, -0.05) is 23.7 Å². The summed E-state index contributed by atoms with van der Waals surface area (Å²) in [5, 5.41) is 14.8. The largest absolute Gasteiger partial charge is 0.379 e. The van der Waals surface area contributed by atoms with Crippen LogP contribution >= 0.6 is 11.6 Å². The minimum Gasteiger partial charge on any atom is -0.379 e. The molecule has 6 heteroatoms. The van der Waals surface area contributed by atoms with Gasteiger partial charge in [-0.05, 0) is 43.2 Å². The number of carbonyl (C=O) groups excluding carboxylic acids is 1.